The number of esters is 1. The summed E-state index contributed by atoms with van der Waals surface area (Å²) in [6, 6.07) is 0. The molecule has 1 aliphatic rings. The minimum Gasteiger partial charge on any atom is -0.458 e. The van der Waals surface area contributed by atoms with E-state index >= 15 is 0 Å². The average Bonchev–Trinajstić information content (AvgIpc) is 3.19. The Bertz CT molecular complexity index is 1180. The summed E-state index contributed by atoms with van der Waals surface area (Å²) in [5, 5.41) is 2.35. The molecule has 1 saturated heterocycles. The number of imidazole rings is 1. The fourth-order valence-corrected chi connectivity index (χ4v) is 3.56. The maximum atomic E-state index is 13.2. The third kappa shape index (κ3) is 4.22. The standard InChI is InChI=1S/C19H22FN5O6/c1-5-6-24-14-15(22-18(21-10(3)26)23-16(14)28)25(19(24)29)17-13(30-11(4)27)7-12(31-17)9(2)8-20/h1,9,12-13,17H,6-8H2,2-4H3,(H2,21,22,23,26,28)/t9-,12+,13-,17-/m1/s1. The van der Waals surface area contributed by atoms with Crippen LogP contribution in [0.25, 0.3) is 11.2 Å². The first-order valence-corrected chi connectivity index (χ1v) is 9.52. The van der Waals surface area contributed by atoms with E-state index in [4.69, 9.17) is 15.9 Å². The van der Waals surface area contributed by atoms with Gasteiger partial charge in [0.1, 0.15) is 6.10 Å². The van der Waals surface area contributed by atoms with Crippen LogP contribution in [-0.4, -0.2) is 49.9 Å². The van der Waals surface area contributed by atoms with Gasteiger partial charge in [-0.05, 0) is 0 Å². The Morgan fingerprint density at radius 2 is 2.16 bits per heavy atom. The van der Waals surface area contributed by atoms with E-state index in [1.807, 2.05) is 0 Å². The molecule has 1 fully saturated rings. The minimum atomic E-state index is -1.17. The number of amides is 1. The molecule has 0 radical (unpaired) electrons. The summed E-state index contributed by atoms with van der Waals surface area (Å²) >= 11 is 0. The summed E-state index contributed by atoms with van der Waals surface area (Å²) in [5.41, 5.74) is -1.69. The van der Waals surface area contributed by atoms with E-state index in [0.717, 1.165) is 9.13 Å². The van der Waals surface area contributed by atoms with Crippen LogP contribution in [0.1, 0.15) is 33.4 Å². The van der Waals surface area contributed by atoms with E-state index in [2.05, 4.69) is 21.2 Å². The summed E-state index contributed by atoms with van der Waals surface area (Å²) in [5.74, 6) is 0.479. The van der Waals surface area contributed by atoms with Crippen molar-refractivity contribution in [2.75, 3.05) is 12.0 Å². The first-order valence-electron chi connectivity index (χ1n) is 9.52. The molecule has 0 unspecified atom stereocenters. The van der Waals surface area contributed by atoms with Crippen LogP contribution in [0.2, 0.25) is 0 Å². The minimum absolute atomic E-state index is 0.122. The van der Waals surface area contributed by atoms with Crippen LogP contribution in [-0.2, 0) is 25.6 Å². The third-order valence-electron chi connectivity index (χ3n) is 4.90. The van der Waals surface area contributed by atoms with Crippen LogP contribution in [0.15, 0.2) is 9.59 Å². The van der Waals surface area contributed by atoms with Crippen molar-refractivity contribution in [2.45, 2.75) is 52.2 Å². The number of ether oxygens (including phenoxy) is 2. The fourth-order valence-electron chi connectivity index (χ4n) is 3.56. The highest BCUT2D eigenvalue weighted by atomic mass is 19.1. The van der Waals surface area contributed by atoms with Crippen molar-refractivity contribution in [3.8, 4) is 12.3 Å². The number of anilines is 1. The molecule has 4 atom stereocenters. The van der Waals surface area contributed by atoms with Gasteiger partial charge in [-0.1, -0.05) is 12.8 Å². The van der Waals surface area contributed by atoms with Crippen molar-refractivity contribution in [1.29, 1.82) is 0 Å². The molecule has 2 aromatic heterocycles. The quantitative estimate of drug-likeness (QED) is 0.492. The van der Waals surface area contributed by atoms with Crippen molar-refractivity contribution in [3.05, 3.63) is 20.8 Å². The van der Waals surface area contributed by atoms with E-state index < -0.39 is 54.2 Å². The number of H-pyrrole nitrogens is 1. The summed E-state index contributed by atoms with van der Waals surface area (Å²) in [4.78, 5) is 55.4. The van der Waals surface area contributed by atoms with Gasteiger partial charge >= 0.3 is 11.7 Å². The SMILES string of the molecule is C#CCn1c(=O)n([C@@H]2O[C@H]([C@H](C)CF)C[C@H]2OC(C)=O)c2nc(NC(C)=O)[nH]c(=O)c21. The number of hydrogen-bond donors (Lipinski definition) is 2. The zero-order chi connectivity index (χ0) is 22.9. The topological polar surface area (TPSA) is 137 Å². The molecule has 3 rings (SSSR count). The lowest BCUT2D eigenvalue weighted by molar-refractivity contribution is -0.152. The van der Waals surface area contributed by atoms with E-state index in [1.165, 1.54) is 13.8 Å². The van der Waals surface area contributed by atoms with Gasteiger partial charge in [0, 0.05) is 26.2 Å². The Hall–Kier alpha value is -3.46. The van der Waals surface area contributed by atoms with Gasteiger partial charge in [0.2, 0.25) is 11.9 Å². The molecule has 0 saturated carbocycles. The highest BCUT2D eigenvalue weighted by Gasteiger charge is 2.43. The van der Waals surface area contributed by atoms with Crippen LogP contribution >= 0.6 is 0 Å². The third-order valence-corrected chi connectivity index (χ3v) is 4.90. The van der Waals surface area contributed by atoms with E-state index in [0.29, 0.717) is 0 Å². The molecule has 0 bridgehead atoms. The number of fused-ring (bicyclic) bond motifs is 1. The van der Waals surface area contributed by atoms with Gasteiger partial charge in [-0.25, -0.2) is 9.36 Å². The number of aromatic amines is 1. The molecule has 12 heteroatoms. The first kappa shape index (κ1) is 22.2. The highest BCUT2D eigenvalue weighted by molar-refractivity contribution is 5.87. The molecule has 11 nitrogen and oxygen atoms in total. The van der Waals surface area contributed by atoms with E-state index in [9.17, 15) is 23.6 Å². The summed E-state index contributed by atoms with van der Waals surface area (Å²) < 4.78 is 26.5. The largest absolute Gasteiger partial charge is 0.458 e. The van der Waals surface area contributed by atoms with Gasteiger partial charge in [-0.15, -0.1) is 6.42 Å². The number of hydrogen-bond acceptors (Lipinski definition) is 7. The molecule has 0 spiro atoms. The van der Waals surface area contributed by atoms with Gasteiger partial charge in [-0.2, -0.15) is 4.98 Å². The molecular formula is C19H22FN5O6. The Balaban J connectivity index is 2.24. The molecule has 2 aromatic rings. The monoisotopic (exact) mass is 435 g/mol. The molecule has 0 aliphatic carbocycles. The second-order valence-electron chi connectivity index (χ2n) is 7.29. The number of terminal acetylenes is 1. The zero-order valence-electron chi connectivity index (χ0n) is 17.2. The van der Waals surface area contributed by atoms with Crippen molar-refractivity contribution >= 4 is 29.0 Å². The fraction of sp³-hybridized carbons (Fsp3) is 0.526. The zero-order valence-corrected chi connectivity index (χ0v) is 17.2. The first-order chi connectivity index (χ1) is 14.7. The lowest BCUT2D eigenvalue weighted by Crippen LogP contribution is -2.33. The number of carbonyl (C=O) groups excluding carboxylic acids is 2. The van der Waals surface area contributed by atoms with Gasteiger partial charge in [0.05, 0.1) is 19.3 Å². The van der Waals surface area contributed by atoms with Crippen molar-refractivity contribution in [1.82, 2.24) is 19.1 Å². The Morgan fingerprint density at radius 1 is 1.45 bits per heavy atom. The number of rotatable bonds is 6. The van der Waals surface area contributed by atoms with Crippen LogP contribution in [0.4, 0.5) is 10.3 Å². The Morgan fingerprint density at radius 3 is 2.74 bits per heavy atom. The lowest BCUT2D eigenvalue weighted by Gasteiger charge is -2.20. The smallest absolute Gasteiger partial charge is 0.333 e. The summed E-state index contributed by atoms with van der Waals surface area (Å²) in [6.07, 6.45) is 2.75. The number of aromatic nitrogens is 4. The summed E-state index contributed by atoms with van der Waals surface area (Å²) in [6.45, 7) is 3.14. The number of carbonyl (C=O) groups is 2. The molecule has 1 amide bonds. The second kappa shape index (κ2) is 8.73. The van der Waals surface area contributed by atoms with Crippen LogP contribution in [0.5, 0.6) is 0 Å². The molecule has 31 heavy (non-hydrogen) atoms. The number of nitrogens with one attached hydrogen (secondary N) is 2. The normalized spacial score (nSPS) is 21.6. The van der Waals surface area contributed by atoms with E-state index in [1.54, 1.807) is 6.92 Å². The molecule has 2 N–H and O–H groups in total. The number of alkyl halides is 1. The highest BCUT2D eigenvalue weighted by Crippen LogP contribution is 2.35. The van der Waals surface area contributed by atoms with Crippen LogP contribution < -0.4 is 16.6 Å². The van der Waals surface area contributed by atoms with Gasteiger partial charge in [0.25, 0.3) is 5.56 Å². The van der Waals surface area contributed by atoms with Crippen LogP contribution in [0.3, 0.4) is 0 Å². The predicted octanol–water partition coefficient (Wildman–Crippen LogP) is 0.303. The average molecular weight is 435 g/mol. The number of nitrogens with zero attached hydrogens (tertiary/aromatic N) is 3. The summed E-state index contributed by atoms with van der Waals surface area (Å²) in [7, 11) is 0. The van der Waals surface area contributed by atoms with Crippen molar-refractivity contribution in [3.63, 3.8) is 0 Å². The molecular weight excluding hydrogens is 413 g/mol. The van der Waals surface area contributed by atoms with E-state index in [-0.39, 0.29) is 30.1 Å². The second-order valence-corrected chi connectivity index (χ2v) is 7.29. The Labute approximate surface area is 175 Å². The maximum Gasteiger partial charge on any atom is 0.333 e. The van der Waals surface area contributed by atoms with Gasteiger partial charge in [-0.3, -0.25) is 33.6 Å². The van der Waals surface area contributed by atoms with Gasteiger partial charge in [0.15, 0.2) is 17.4 Å². The number of halogens is 1. The van der Waals surface area contributed by atoms with Crippen molar-refractivity contribution in [2.24, 2.45) is 5.92 Å². The lowest BCUT2D eigenvalue weighted by atomic mass is 10.0. The molecule has 166 valence electrons. The molecule has 0 aromatic carbocycles. The molecule has 1 aliphatic heterocycles. The molecule has 3 heterocycles. The van der Waals surface area contributed by atoms with Crippen LogP contribution in [0, 0.1) is 18.3 Å². The maximum absolute atomic E-state index is 13.2. The van der Waals surface area contributed by atoms with Crippen molar-refractivity contribution < 1.29 is 23.5 Å². The predicted molar refractivity (Wildman–Crippen MR) is 107 cm³/mol. The van der Waals surface area contributed by atoms with Gasteiger partial charge < -0.3 is 9.47 Å². The Kier molecular flexibility index (Phi) is 6.26.